The quantitative estimate of drug-likeness (QED) is 0.741. The largest absolute Gasteiger partial charge is 0.480 e. The van der Waals surface area contributed by atoms with Gasteiger partial charge in [-0.3, -0.25) is 0 Å². The van der Waals surface area contributed by atoms with Crippen molar-refractivity contribution in [1.29, 1.82) is 0 Å². The molecule has 0 radical (unpaired) electrons. The molecular weight excluding hydrogens is 248 g/mol. The number of piperidine rings is 2. The number of urea groups is 1. The van der Waals surface area contributed by atoms with E-state index in [4.69, 9.17) is 0 Å². The first-order chi connectivity index (χ1) is 8.95. The minimum atomic E-state index is -1.09. The van der Waals surface area contributed by atoms with E-state index in [-0.39, 0.29) is 12.1 Å². The van der Waals surface area contributed by atoms with E-state index in [1.165, 1.54) is 4.90 Å². The van der Waals surface area contributed by atoms with Crippen molar-refractivity contribution in [2.75, 3.05) is 19.6 Å². The van der Waals surface area contributed by atoms with Crippen molar-refractivity contribution in [3.8, 4) is 0 Å². The Kier molecular flexibility index (Phi) is 3.99. The zero-order chi connectivity index (χ0) is 14.0. The Morgan fingerprint density at radius 2 is 1.79 bits per heavy atom. The lowest BCUT2D eigenvalue weighted by molar-refractivity contribution is -0.151. The van der Waals surface area contributed by atoms with E-state index < -0.39 is 11.5 Å². The molecule has 0 aliphatic carbocycles. The standard InChI is InChI=1S/C13H22N2O4/c1-13(11(17)18)6-2-3-7-15(13)12(19)14-8-4-10(16)5-9-14/h10,16H,2-9H2,1H3,(H,17,18). The van der Waals surface area contributed by atoms with Gasteiger partial charge < -0.3 is 20.0 Å². The summed E-state index contributed by atoms with van der Waals surface area (Å²) in [5.74, 6) is -0.933. The van der Waals surface area contributed by atoms with Gasteiger partial charge in [-0.1, -0.05) is 0 Å². The molecule has 2 amide bonds. The molecule has 2 aliphatic heterocycles. The first-order valence-electron chi connectivity index (χ1n) is 6.93. The highest BCUT2D eigenvalue weighted by Gasteiger charge is 2.45. The minimum Gasteiger partial charge on any atom is -0.480 e. The first-order valence-corrected chi connectivity index (χ1v) is 6.93. The van der Waals surface area contributed by atoms with Gasteiger partial charge in [-0.25, -0.2) is 9.59 Å². The number of aliphatic hydroxyl groups excluding tert-OH is 1. The van der Waals surface area contributed by atoms with E-state index in [0.717, 1.165) is 12.8 Å². The van der Waals surface area contributed by atoms with E-state index in [1.807, 2.05) is 0 Å². The lowest BCUT2D eigenvalue weighted by Crippen LogP contribution is -2.61. The van der Waals surface area contributed by atoms with Gasteiger partial charge in [-0.2, -0.15) is 0 Å². The Morgan fingerprint density at radius 3 is 2.37 bits per heavy atom. The molecular formula is C13H22N2O4. The van der Waals surface area contributed by atoms with Crippen LogP contribution in [0.15, 0.2) is 0 Å². The Hall–Kier alpha value is -1.30. The molecule has 0 aromatic heterocycles. The fourth-order valence-corrected chi connectivity index (χ4v) is 2.88. The number of amides is 2. The van der Waals surface area contributed by atoms with Gasteiger partial charge >= 0.3 is 12.0 Å². The molecule has 19 heavy (non-hydrogen) atoms. The molecule has 0 aromatic rings. The van der Waals surface area contributed by atoms with Crippen LogP contribution in [-0.2, 0) is 4.79 Å². The fourth-order valence-electron chi connectivity index (χ4n) is 2.88. The summed E-state index contributed by atoms with van der Waals surface area (Å²) in [6.45, 7) is 3.14. The van der Waals surface area contributed by atoms with Gasteiger partial charge in [0.25, 0.3) is 0 Å². The molecule has 0 aromatic carbocycles. The van der Waals surface area contributed by atoms with E-state index in [9.17, 15) is 19.8 Å². The first kappa shape index (κ1) is 14.1. The summed E-state index contributed by atoms with van der Waals surface area (Å²) in [6, 6.07) is -0.198. The molecule has 2 N–H and O–H groups in total. The third kappa shape index (κ3) is 2.68. The maximum Gasteiger partial charge on any atom is 0.329 e. The predicted octanol–water partition coefficient (Wildman–Crippen LogP) is 0.892. The monoisotopic (exact) mass is 270 g/mol. The van der Waals surface area contributed by atoms with Crippen LogP contribution in [0.3, 0.4) is 0 Å². The maximum atomic E-state index is 12.5. The summed E-state index contributed by atoms with van der Waals surface area (Å²) in [7, 11) is 0. The van der Waals surface area contributed by atoms with Crippen LogP contribution in [0.2, 0.25) is 0 Å². The third-order valence-corrected chi connectivity index (χ3v) is 4.32. The van der Waals surface area contributed by atoms with Crippen LogP contribution in [0.25, 0.3) is 0 Å². The van der Waals surface area contributed by atoms with Crippen molar-refractivity contribution in [3.05, 3.63) is 0 Å². The summed E-state index contributed by atoms with van der Waals surface area (Å²) in [4.78, 5) is 27.1. The number of carbonyl (C=O) groups excluding carboxylic acids is 1. The highest BCUT2D eigenvalue weighted by molar-refractivity contribution is 5.86. The maximum absolute atomic E-state index is 12.5. The van der Waals surface area contributed by atoms with Crippen molar-refractivity contribution in [3.63, 3.8) is 0 Å². The molecule has 1 unspecified atom stereocenters. The Balaban J connectivity index is 2.10. The molecule has 6 heteroatoms. The molecule has 2 heterocycles. The fraction of sp³-hybridized carbons (Fsp3) is 0.846. The van der Waals surface area contributed by atoms with Crippen LogP contribution in [-0.4, -0.2) is 63.3 Å². The summed E-state index contributed by atoms with van der Waals surface area (Å²) in [5.41, 5.74) is -1.09. The lowest BCUT2D eigenvalue weighted by Gasteiger charge is -2.44. The van der Waals surface area contributed by atoms with Gasteiger partial charge in [0.15, 0.2) is 0 Å². The summed E-state index contributed by atoms with van der Waals surface area (Å²) in [5, 5.41) is 18.9. The SMILES string of the molecule is CC1(C(=O)O)CCCCN1C(=O)N1CCC(O)CC1. The zero-order valence-corrected chi connectivity index (χ0v) is 11.3. The average molecular weight is 270 g/mol. The van der Waals surface area contributed by atoms with Crippen LogP contribution in [0.1, 0.15) is 39.0 Å². The van der Waals surface area contributed by atoms with Crippen molar-refractivity contribution in [1.82, 2.24) is 9.80 Å². The van der Waals surface area contributed by atoms with E-state index in [0.29, 0.717) is 38.9 Å². The van der Waals surface area contributed by atoms with Gasteiger partial charge in [0, 0.05) is 19.6 Å². The predicted molar refractivity (Wildman–Crippen MR) is 68.8 cm³/mol. The van der Waals surface area contributed by atoms with Crippen molar-refractivity contribution in [2.24, 2.45) is 0 Å². The van der Waals surface area contributed by atoms with Crippen LogP contribution in [0, 0.1) is 0 Å². The number of carboxylic acid groups (broad SMARTS) is 1. The van der Waals surface area contributed by atoms with Crippen LogP contribution in [0.5, 0.6) is 0 Å². The second-order valence-electron chi connectivity index (χ2n) is 5.69. The highest BCUT2D eigenvalue weighted by Crippen LogP contribution is 2.30. The Labute approximate surface area is 113 Å². The van der Waals surface area contributed by atoms with Crippen LogP contribution in [0.4, 0.5) is 4.79 Å². The molecule has 2 saturated heterocycles. The van der Waals surface area contributed by atoms with Gasteiger partial charge in [-0.15, -0.1) is 0 Å². The second kappa shape index (κ2) is 5.36. The summed E-state index contributed by atoms with van der Waals surface area (Å²) < 4.78 is 0. The number of hydrogen-bond donors (Lipinski definition) is 2. The van der Waals surface area contributed by atoms with Gasteiger partial charge in [0.05, 0.1) is 6.10 Å². The van der Waals surface area contributed by atoms with Crippen LogP contribution < -0.4 is 0 Å². The molecule has 1 atom stereocenters. The number of carbonyl (C=O) groups is 2. The Bertz CT molecular complexity index is 366. The van der Waals surface area contributed by atoms with Crippen molar-refractivity contribution >= 4 is 12.0 Å². The topological polar surface area (TPSA) is 81.1 Å². The third-order valence-electron chi connectivity index (χ3n) is 4.32. The number of likely N-dealkylation sites (tertiary alicyclic amines) is 2. The van der Waals surface area contributed by atoms with Gasteiger partial charge in [0.1, 0.15) is 5.54 Å². The van der Waals surface area contributed by atoms with E-state index in [1.54, 1.807) is 11.8 Å². The van der Waals surface area contributed by atoms with Crippen LogP contribution >= 0.6 is 0 Å². The normalized spacial score (nSPS) is 29.4. The van der Waals surface area contributed by atoms with Crippen molar-refractivity contribution < 1.29 is 19.8 Å². The summed E-state index contributed by atoms with van der Waals surface area (Å²) >= 11 is 0. The molecule has 0 saturated carbocycles. The summed E-state index contributed by atoms with van der Waals surface area (Å²) in [6.07, 6.45) is 3.00. The van der Waals surface area contributed by atoms with Gasteiger partial charge in [-0.05, 0) is 39.0 Å². The highest BCUT2D eigenvalue weighted by atomic mass is 16.4. The molecule has 0 bridgehead atoms. The number of nitrogens with zero attached hydrogens (tertiary/aromatic N) is 2. The zero-order valence-electron chi connectivity index (χ0n) is 11.3. The molecule has 2 aliphatic rings. The Morgan fingerprint density at radius 1 is 1.16 bits per heavy atom. The van der Waals surface area contributed by atoms with E-state index in [2.05, 4.69) is 0 Å². The molecule has 108 valence electrons. The molecule has 2 fully saturated rings. The molecule has 2 rings (SSSR count). The molecule has 6 nitrogen and oxygen atoms in total. The smallest absolute Gasteiger partial charge is 0.329 e. The van der Waals surface area contributed by atoms with E-state index >= 15 is 0 Å². The number of aliphatic hydroxyl groups is 1. The lowest BCUT2D eigenvalue weighted by atomic mass is 9.88. The molecule has 0 spiro atoms. The van der Waals surface area contributed by atoms with Crippen molar-refractivity contribution in [2.45, 2.75) is 50.7 Å². The second-order valence-corrected chi connectivity index (χ2v) is 5.69. The average Bonchev–Trinajstić information content (AvgIpc) is 2.39. The number of aliphatic carboxylic acids is 1. The number of hydrogen-bond acceptors (Lipinski definition) is 3. The van der Waals surface area contributed by atoms with Gasteiger partial charge in [0.2, 0.25) is 0 Å². The minimum absolute atomic E-state index is 0.198. The number of rotatable bonds is 1. The number of carboxylic acids is 1.